The fourth-order valence-corrected chi connectivity index (χ4v) is 2.24. The number of rotatable bonds is 5. The zero-order chi connectivity index (χ0) is 14.5. The van der Waals surface area contributed by atoms with Crippen LogP contribution >= 0.6 is 0 Å². The van der Waals surface area contributed by atoms with E-state index in [1.165, 1.54) is 0 Å². The second kappa shape index (κ2) is 6.89. The highest BCUT2D eigenvalue weighted by Crippen LogP contribution is 2.17. The summed E-state index contributed by atoms with van der Waals surface area (Å²) in [6.45, 7) is 8.72. The van der Waals surface area contributed by atoms with Crippen LogP contribution < -0.4 is 5.32 Å². The van der Waals surface area contributed by atoms with Crippen molar-refractivity contribution < 1.29 is 14.7 Å². The van der Waals surface area contributed by atoms with Gasteiger partial charge < -0.3 is 10.4 Å². The van der Waals surface area contributed by atoms with Gasteiger partial charge in [0.2, 0.25) is 5.91 Å². The maximum absolute atomic E-state index is 11.8. The van der Waals surface area contributed by atoms with Crippen molar-refractivity contribution in [2.75, 3.05) is 26.2 Å². The van der Waals surface area contributed by atoms with Crippen molar-refractivity contribution in [3.8, 4) is 0 Å². The number of carbonyl (C=O) groups is 2. The number of nitrogens with one attached hydrogen (secondary N) is 1. The van der Waals surface area contributed by atoms with E-state index in [1.54, 1.807) is 0 Å². The zero-order valence-corrected chi connectivity index (χ0v) is 12.2. The second-order valence-electron chi connectivity index (χ2n) is 6.57. The van der Waals surface area contributed by atoms with Gasteiger partial charge in [-0.3, -0.25) is 14.5 Å². The summed E-state index contributed by atoms with van der Waals surface area (Å²) < 4.78 is 0. The summed E-state index contributed by atoms with van der Waals surface area (Å²) in [5.41, 5.74) is 0.215. The molecule has 0 radical (unpaired) electrons. The van der Waals surface area contributed by atoms with Crippen molar-refractivity contribution in [3.63, 3.8) is 0 Å². The van der Waals surface area contributed by atoms with Crippen LogP contribution in [0.25, 0.3) is 0 Å². The van der Waals surface area contributed by atoms with Crippen LogP contribution in [0, 0.1) is 11.3 Å². The lowest BCUT2D eigenvalue weighted by Crippen LogP contribution is -2.44. The summed E-state index contributed by atoms with van der Waals surface area (Å²) in [5, 5.41) is 11.9. The quantitative estimate of drug-likeness (QED) is 0.791. The minimum absolute atomic E-state index is 0.00436. The lowest BCUT2D eigenvalue weighted by atomic mass is 9.92. The van der Waals surface area contributed by atoms with E-state index >= 15 is 0 Å². The van der Waals surface area contributed by atoms with Crippen LogP contribution in [0.2, 0.25) is 0 Å². The predicted molar refractivity (Wildman–Crippen MR) is 73.9 cm³/mol. The average Bonchev–Trinajstić information content (AvgIpc) is 2.27. The Morgan fingerprint density at radius 1 is 1.37 bits per heavy atom. The number of aliphatic carboxylic acids is 1. The molecule has 1 heterocycles. The van der Waals surface area contributed by atoms with E-state index in [0.29, 0.717) is 19.6 Å². The smallest absolute Gasteiger partial charge is 0.307 e. The lowest BCUT2D eigenvalue weighted by molar-refractivity contribution is -0.144. The molecule has 1 amide bonds. The summed E-state index contributed by atoms with van der Waals surface area (Å²) in [6, 6.07) is 0. The molecule has 110 valence electrons. The standard InChI is InChI=1S/C14H26N2O3/c1-14(2,3)6-7-15-12(17)10-16-8-4-5-11(9-16)13(18)19/h11H,4-10H2,1-3H3,(H,15,17)(H,18,19). The monoisotopic (exact) mass is 270 g/mol. The van der Waals surface area contributed by atoms with Gasteiger partial charge in [0.1, 0.15) is 0 Å². The van der Waals surface area contributed by atoms with E-state index < -0.39 is 5.97 Å². The first-order valence-electron chi connectivity index (χ1n) is 7.00. The molecule has 2 N–H and O–H groups in total. The third-order valence-electron chi connectivity index (χ3n) is 3.42. The molecule has 0 aromatic rings. The largest absolute Gasteiger partial charge is 0.481 e. The molecule has 0 aromatic carbocycles. The maximum atomic E-state index is 11.8. The topological polar surface area (TPSA) is 69.6 Å². The van der Waals surface area contributed by atoms with Crippen LogP contribution in [-0.4, -0.2) is 48.1 Å². The third-order valence-corrected chi connectivity index (χ3v) is 3.42. The van der Waals surface area contributed by atoms with Crippen LogP contribution in [0.15, 0.2) is 0 Å². The van der Waals surface area contributed by atoms with Gasteiger partial charge in [-0.1, -0.05) is 20.8 Å². The molecule has 1 aliphatic heterocycles. The molecule has 5 heteroatoms. The van der Waals surface area contributed by atoms with Crippen LogP contribution in [0.3, 0.4) is 0 Å². The molecule has 0 saturated carbocycles. The van der Waals surface area contributed by atoms with Crippen molar-refractivity contribution in [2.24, 2.45) is 11.3 Å². The number of amides is 1. The fourth-order valence-electron chi connectivity index (χ4n) is 2.24. The Morgan fingerprint density at radius 2 is 2.05 bits per heavy atom. The summed E-state index contributed by atoms with van der Waals surface area (Å²) in [7, 11) is 0. The molecule has 1 rings (SSSR count). The number of carboxylic acid groups (broad SMARTS) is 1. The number of likely N-dealkylation sites (tertiary alicyclic amines) is 1. The average molecular weight is 270 g/mol. The summed E-state index contributed by atoms with van der Waals surface area (Å²) >= 11 is 0. The normalized spacial score (nSPS) is 21.1. The predicted octanol–water partition coefficient (Wildman–Crippen LogP) is 1.34. The van der Waals surface area contributed by atoms with E-state index in [-0.39, 0.29) is 17.2 Å². The molecule has 0 aromatic heterocycles. The van der Waals surface area contributed by atoms with Crippen LogP contribution in [0.5, 0.6) is 0 Å². The first-order valence-corrected chi connectivity index (χ1v) is 7.00. The van der Waals surface area contributed by atoms with Gasteiger partial charge in [-0.25, -0.2) is 0 Å². The molecule has 1 saturated heterocycles. The van der Waals surface area contributed by atoms with E-state index in [2.05, 4.69) is 26.1 Å². The first kappa shape index (κ1) is 16.0. The summed E-state index contributed by atoms with van der Waals surface area (Å²) in [6.07, 6.45) is 2.51. The highest BCUT2D eigenvalue weighted by atomic mass is 16.4. The van der Waals surface area contributed by atoms with Crippen molar-refractivity contribution >= 4 is 11.9 Å². The molecule has 19 heavy (non-hydrogen) atoms. The number of hydrogen-bond acceptors (Lipinski definition) is 3. The molecule has 5 nitrogen and oxygen atoms in total. The Labute approximate surface area is 115 Å². The van der Waals surface area contributed by atoms with Gasteiger partial charge in [0.15, 0.2) is 0 Å². The minimum atomic E-state index is -0.752. The molecule has 0 spiro atoms. The van der Waals surface area contributed by atoms with Crippen molar-refractivity contribution in [3.05, 3.63) is 0 Å². The Bertz CT molecular complexity index is 323. The highest BCUT2D eigenvalue weighted by molar-refractivity contribution is 5.78. The summed E-state index contributed by atoms with van der Waals surface area (Å²) in [5.74, 6) is -1.08. The van der Waals surface area contributed by atoms with Gasteiger partial charge in [-0.15, -0.1) is 0 Å². The number of hydrogen-bond donors (Lipinski definition) is 2. The van der Waals surface area contributed by atoms with E-state index in [0.717, 1.165) is 25.8 Å². The van der Waals surface area contributed by atoms with Gasteiger partial charge in [0, 0.05) is 13.1 Å². The molecule has 0 bridgehead atoms. The van der Waals surface area contributed by atoms with Crippen molar-refractivity contribution in [1.82, 2.24) is 10.2 Å². The van der Waals surface area contributed by atoms with Crippen LogP contribution in [0.4, 0.5) is 0 Å². The number of nitrogens with zero attached hydrogens (tertiary/aromatic N) is 1. The number of piperidine rings is 1. The SMILES string of the molecule is CC(C)(C)CCNC(=O)CN1CCCC(C(=O)O)C1. The third kappa shape index (κ3) is 6.57. The maximum Gasteiger partial charge on any atom is 0.307 e. The number of carboxylic acids is 1. The van der Waals surface area contributed by atoms with Crippen LogP contribution in [0.1, 0.15) is 40.0 Å². The van der Waals surface area contributed by atoms with Crippen molar-refractivity contribution in [2.45, 2.75) is 40.0 Å². The van der Waals surface area contributed by atoms with Gasteiger partial charge in [0.05, 0.1) is 12.5 Å². The van der Waals surface area contributed by atoms with Gasteiger partial charge in [-0.2, -0.15) is 0 Å². The van der Waals surface area contributed by atoms with Crippen molar-refractivity contribution in [1.29, 1.82) is 0 Å². The van der Waals surface area contributed by atoms with E-state index in [4.69, 9.17) is 5.11 Å². The fraction of sp³-hybridized carbons (Fsp3) is 0.857. The Morgan fingerprint density at radius 3 is 2.63 bits per heavy atom. The summed E-state index contributed by atoms with van der Waals surface area (Å²) in [4.78, 5) is 24.7. The molecule has 0 aliphatic carbocycles. The molecular weight excluding hydrogens is 244 g/mol. The van der Waals surface area contributed by atoms with Gasteiger partial charge in [0.25, 0.3) is 0 Å². The van der Waals surface area contributed by atoms with Crippen LogP contribution in [-0.2, 0) is 9.59 Å². The van der Waals surface area contributed by atoms with Gasteiger partial charge >= 0.3 is 5.97 Å². The lowest BCUT2D eigenvalue weighted by Gasteiger charge is -2.30. The Kier molecular flexibility index (Phi) is 5.79. The molecule has 1 aliphatic rings. The van der Waals surface area contributed by atoms with E-state index in [9.17, 15) is 9.59 Å². The molecule has 1 unspecified atom stereocenters. The molecule has 1 fully saturated rings. The molecule has 1 atom stereocenters. The Balaban J connectivity index is 2.26. The Hall–Kier alpha value is -1.10. The zero-order valence-electron chi connectivity index (χ0n) is 12.2. The first-order chi connectivity index (χ1) is 8.78. The molecular formula is C14H26N2O3. The number of carbonyl (C=O) groups excluding carboxylic acids is 1. The van der Waals surface area contributed by atoms with E-state index in [1.807, 2.05) is 4.90 Å². The minimum Gasteiger partial charge on any atom is -0.481 e. The highest BCUT2D eigenvalue weighted by Gasteiger charge is 2.26. The second-order valence-corrected chi connectivity index (χ2v) is 6.57. The van der Waals surface area contributed by atoms with Gasteiger partial charge in [-0.05, 0) is 31.2 Å².